The van der Waals surface area contributed by atoms with E-state index in [4.69, 9.17) is 5.21 Å². The van der Waals surface area contributed by atoms with Gasteiger partial charge in [-0.3, -0.25) is 5.32 Å². The molecule has 0 aromatic heterocycles. The van der Waals surface area contributed by atoms with Crippen LogP contribution in [0.4, 0.5) is 0 Å². The van der Waals surface area contributed by atoms with E-state index in [1.807, 2.05) is 6.92 Å². The van der Waals surface area contributed by atoms with Crippen molar-refractivity contribution in [3.63, 3.8) is 0 Å². The maximum Gasteiger partial charge on any atom is 0.280 e. The van der Waals surface area contributed by atoms with Crippen LogP contribution in [0.25, 0.3) is 0 Å². The first-order chi connectivity index (χ1) is 3.30. The molecule has 0 amide bonds. The molecule has 40 valence electrons. The lowest BCUT2D eigenvalue weighted by atomic mass is 10.7. The van der Waals surface area contributed by atoms with Gasteiger partial charge >= 0.3 is 0 Å². The molecule has 1 rings (SSSR count). The van der Waals surface area contributed by atoms with Gasteiger partial charge in [0, 0.05) is 6.92 Å². The topological polar surface area (TPSA) is 35.3 Å². The SMILES string of the molecule is CC1=[N+](O)CCN1. The van der Waals surface area contributed by atoms with Crippen LogP contribution >= 0.6 is 0 Å². The van der Waals surface area contributed by atoms with Gasteiger partial charge in [-0.2, -0.15) is 0 Å². The van der Waals surface area contributed by atoms with Gasteiger partial charge in [-0.05, 0) is 0 Å². The molecular formula is C4H9N2O+. The van der Waals surface area contributed by atoms with Crippen LogP contribution in [0.2, 0.25) is 0 Å². The fourth-order valence-corrected chi connectivity index (χ4v) is 0.602. The summed E-state index contributed by atoms with van der Waals surface area (Å²) in [5.41, 5.74) is 0. The van der Waals surface area contributed by atoms with Crippen molar-refractivity contribution in [1.29, 1.82) is 0 Å². The van der Waals surface area contributed by atoms with Crippen LogP contribution < -0.4 is 5.32 Å². The number of hydrogen-bond donors (Lipinski definition) is 2. The Morgan fingerprint density at radius 3 is 2.71 bits per heavy atom. The molecule has 1 heterocycles. The second kappa shape index (κ2) is 1.40. The summed E-state index contributed by atoms with van der Waals surface area (Å²) in [5.74, 6) is 0.847. The minimum Gasteiger partial charge on any atom is -0.355 e. The molecule has 0 aromatic rings. The first-order valence-corrected chi connectivity index (χ1v) is 2.34. The summed E-state index contributed by atoms with van der Waals surface area (Å²) in [5, 5.41) is 11.7. The minimum absolute atomic E-state index is 0.714. The molecule has 1 aliphatic rings. The average Bonchev–Trinajstić information content (AvgIpc) is 1.91. The van der Waals surface area contributed by atoms with E-state index in [1.165, 1.54) is 4.74 Å². The quantitative estimate of drug-likeness (QED) is 0.316. The van der Waals surface area contributed by atoms with Gasteiger partial charge in [-0.1, -0.05) is 4.74 Å². The highest BCUT2D eigenvalue weighted by Crippen LogP contribution is 1.78. The zero-order chi connectivity index (χ0) is 5.28. The monoisotopic (exact) mass is 101 g/mol. The van der Waals surface area contributed by atoms with Gasteiger partial charge in [0.2, 0.25) is 0 Å². The highest BCUT2D eigenvalue weighted by Gasteiger charge is 2.13. The van der Waals surface area contributed by atoms with E-state index in [-0.39, 0.29) is 0 Å². The van der Waals surface area contributed by atoms with Crippen molar-refractivity contribution in [2.75, 3.05) is 13.1 Å². The smallest absolute Gasteiger partial charge is 0.280 e. The molecule has 0 aliphatic carbocycles. The fraction of sp³-hybridized carbons (Fsp3) is 0.750. The Morgan fingerprint density at radius 2 is 2.57 bits per heavy atom. The second-order valence-electron chi connectivity index (χ2n) is 1.64. The minimum atomic E-state index is 0.714. The molecule has 0 aromatic carbocycles. The summed E-state index contributed by atoms with van der Waals surface area (Å²) in [7, 11) is 0. The lowest BCUT2D eigenvalue weighted by Crippen LogP contribution is -2.16. The first kappa shape index (κ1) is 4.43. The Labute approximate surface area is 42.2 Å². The Hall–Kier alpha value is -0.730. The molecule has 1 aliphatic heterocycles. The number of amidine groups is 1. The van der Waals surface area contributed by atoms with Crippen molar-refractivity contribution < 1.29 is 9.95 Å². The molecule has 3 nitrogen and oxygen atoms in total. The van der Waals surface area contributed by atoms with E-state index in [0.717, 1.165) is 12.4 Å². The first-order valence-electron chi connectivity index (χ1n) is 2.34. The summed E-state index contributed by atoms with van der Waals surface area (Å²) in [6.07, 6.45) is 0. The lowest BCUT2D eigenvalue weighted by molar-refractivity contribution is -0.768. The van der Waals surface area contributed by atoms with E-state index >= 15 is 0 Å². The van der Waals surface area contributed by atoms with Crippen LogP contribution in [0.1, 0.15) is 6.92 Å². The third kappa shape index (κ3) is 0.656. The molecule has 0 bridgehead atoms. The number of hydrogen-bond acceptors (Lipinski definition) is 2. The summed E-state index contributed by atoms with van der Waals surface area (Å²) < 4.78 is 1.21. The Balaban J connectivity index is 2.64. The van der Waals surface area contributed by atoms with E-state index in [0.29, 0.717) is 6.54 Å². The van der Waals surface area contributed by atoms with Gasteiger partial charge in [0.15, 0.2) is 6.54 Å². The van der Waals surface area contributed by atoms with Crippen LogP contribution in [-0.2, 0) is 0 Å². The molecule has 0 atom stereocenters. The van der Waals surface area contributed by atoms with Crippen molar-refractivity contribution in [2.45, 2.75) is 6.92 Å². The second-order valence-corrected chi connectivity index (χ2v) is 1.64. The standard InChI is InChI=1S/C4H8N2O/c1-4-5-2-3-6(4)7/h7H,2-3H2,1H3/p+1. The van der Waals surface area contributed by atoms with Gasteiger partial charge in [0.25, 0.3) is 5.84 Å². The van der Waals surface area contributed by atoms with Gasteiger partial charge in [0.05, 0.1) is 0 Å². The van der Waals surface area contributed by atoms with Crippen LogP contribution in [0.15, 0.2) is 0 Å². The molecule has 0 saturated heterocycles. The number of hydroxylamine groups is 1. The van der Waals surface area contributed by atoms with Gasteiger partial charge in [-0.15, -0.1) is 0 Å². The van der Waals surface area contributed by atoms with Crippen molar-refractivity contribution in [3.05, 3.63) is 0 Å². The van der Waals surface area contributed by atoms with Crippen LogP contribution in [0, 0.1) is 0 Å². The molecule has 7 heavy (non-hydrogen) atoms. The van der Waals surface area contributed by atoms with Crippen LogP contribution in [0.3, 0.4) is 0 Å². The predicted octanol–water partition coefficient (Wildman–Crippen LogP) is -0.590. The number of nitrogens with one attached hydrogen (secondary N) is 1. The average molecular weight is 101 g/mol. The summed E-state index contributed by atoms with van der Waals surface area (Å²) >= 11 is 0. The maximum absolute atomic E-state index is 8.73. The zero-order valence-electron chi connectivity index (χ0n) is 4.31. The third-order valence-corrected chi connectivity index (χ3v) is 1.09. The molecule has 0 saturated carbocycles. The van der Waals surface area contributed by atoms with Crippen molar-refractivity contribution in [1.82, 2.24) is 5.32 Å². The van der Waals surface area contributed by atoms with E-state index in [1.54, 1.807) is 0 Å². The molecule has 0 fully saturated rings. The van der Waals surface area contributed by atoms with Crippen LogP contribution in [0.5, 0.6) is 0 Å². The van der Waals surface area contributed by atoms with E-state index < -0.39 is 0 Å². The molecular weight excluding hydrogens is 92.1 g/mol. The molecule has 3 heteroatoms. The Bertz CT molecular complexity index is 96.3. The maximum atomic E-state index is 8.73. The predicted molar refractivity (Wildman–Crippen MR) is 25.6 cm³/mol. The zero-order valence-corrected chi connectivity index (χ0v) is 4.31. The number of nitrogens with zero attached hydrogens (tertiary/aromatic N) is 1. The van der Waals surface area contributed by atoms with Crippen molar-refractivity contribution in [2.24, 2.45) is 0 Å². The highest BCUT2D eigenvalue weighted by molar-refractivity contribution is 5.74. The van der Waals surface area contributed by atoms with Gasteiger partial charge in [-0.25, -0.2) is 0 Å². The van der Waals surface area contributed by atoms with E-state index in [2.05, 4.69) is 5.32 Å². The third-order valence-electron chi connectivity index (χ3n) is 1.09. The summed E-state index contributed by atoms with van der Waals surface area (Å²) in [6.45, 7) is 3.42. The molecule has 0 radical (unpaired) electrons. The summed E-state index contributed by atoms with van der Waals surface area (Å²) in [6, 6.07) is 0. The molecule has 0 unspecified atom stereocenters. The Kier molecular flexibility index (Phi) is 0.889. The number of rotatable bonds is 0. The largest absolute Gasteiger partial charge is 0.355 e. The normalized spacial score (nSPS) is 20.1. The van der Waals surface area contributed by atoms with E-state index in [9.17, 15) is 0 Å². The van der Waals surface area contributed by atoms with Crippen molar-refractivity contribution >= 4 is 5.84 Å². The lowest BCUT2D eigenvalue weighted by Gasteiger charge is -1.82. The fourth-order valence-electron chi connectivity index (χ4n) is 0.602. The molecule has 0 spiro atoms. The Morgan fingerprint density at radius 1 is 1.86 bits per heavy atom. The molecule has 2 N–H and O–H groups in total. The van der Waals surface area contributed by atoms with Crippen molar-refractivity contribution in [3.8, 4) is 0 Å². The highest BCUT2D eigenvalue weighted by atomic mass is 16.5. The van der Waals surface area contributed by atoms with Gasteiger partial charge < -0.3 is 5.21 Å². The summed E-state index contributed by atoms with van der Waals surface area (Å²) in [4.78, 5) is 0. The van der Waals surface area contributed by atoms with Crippen LogP contribution in [-0.4, -0.2) is 28.9 Å². The van der Waals surface area contributed by atoms with Gasteiger partial charge in [0.1, 0.15) is 6.54 Å².